The van der Waals surface area contributed by atoms with Gasteiger partial charge in [-0.1, -0.05) is 13.8 Å². The average molecular weight is 268 g/mol. The van der Waals surface area contributed by atoms with Crippen molar-refractivity contribution in [1.29, 1.82) is 0 Å². The Morgan fingerprint density at radius 1 is 1.56 bits per heavy atom. The molecule has 1 fully saturated rings. The van der Waals surface area contributed by atoms with Crippen molar-refractivity contribution in [3.8, 4) is 0 Å². The molecule has 0 radical (unpaired) electrons. The number of hydrogen-bond acceptors (Lipinski definition) is 4. The highest BCUT2D eigenvalue weighted by molar-refractivity contribution is 7.09. The van der Waals surface area contributed by atoms with E-state index in [0.29, 0.717) is 0 Å². The van der Waals surface area contributed by atoms with Crippen molar-refractivity contribution in [3.63, 3.8) is 0 Å². The molecule has 4 heteroatoms. The summed E-state index contributed by atoms with van der Waals surface area (Å²) >= 11 is 1.80. The summed E-state index contributed by atoms with van der Waals surface area (Å²) in [5.41, 5.74) is 1.29. The Balaban J connectivity index is 1.73. The van der Waals surface area contributed by atoms with Gasteiger partial charge in [-0.15, -0.1) is 11.3 Å². The Bertz CT molecular complexity index is 383. The van der Waals surface area contributed by atoms with E-state index in [-0.39, 0.29) is 11.5 Å². The van der Waals surface area contributed by atoms with Crippen molar-refractivity contribution in [2.75, 3.05) is 6.54 Å². The van der Waals surface area contributed by atoms with Gasteiger partial charge in [0.2, 0.25) is 0 Å². The second-order valence-electron chi connectivity index (χ2n) is 6.27. The molecule has 18 heavy (non-hydrogen) atoms. The molecule has 2 N–H and O–H groups in total. The van der Waals surface area contributed by atoms with E-state index < -0.39 is 0 Å². The molecule has 1 aromatic rings. The summed E-state index contributed by atoms with van der Waals surface area (Å²) in [6.07, 6.45) is 3.23. The standard InChI is InChI=1S/C14H24N2OS/c1-10(17)6-14(2,3)9-15-7-12-8-18-13(16-12)11-4-5-11/h8,10-11,15,17H,4-7,9H2,1-3H3. The summed E-state index contributed by atoms with van der Waals surface area (Å²) in [4.78, 5) is 4.66. The first-order valence-corrected chi connectivity index (χ1v) is 7.67. The molecule has 2 rings (SSSR count). The third kappa shape index (κ3) is 4.34. The molecule has 0 spiro atoms. The Labute approximate surface area is 114 Å². The Morgan fingerprint density at radius 3 is 2.89 bits per heavy atom. The van der Waals surface area contributed by atoms with Crippen LogP contribution >= 0.6 is 11.3 Å². The number of rotatable bonds is 7. The fourth-order valence-electron chi connectivity index (χ4n) is 2.32. The lowest BCUT2D eigenvalue weighted by molar-refractivity contribution is 0.128. The van der Waals surface area contributed by atoms with Crippen LogP contribution in [0.1, 0.15) is 56.7 Å². The smallest absolute Gasteiger partial charge is 0.0959 e. The molecule has 1 saturated carbocycles. The fourth-order valence-corrected chi connectivity index (χ4v) is 3.31. The molecule has 0 bridgehead atoms. The van der Waals surface area contributed by atoms with Crippen molar-refractivity contribution in [2.45, 2.75) is 58.6 Å². The quantitative estimate of drug-likeness (QED) is 0.799. The minimum absolute atomic E-state index is 0.128. The van der Waals surface area contributed by atoms with E-state index in [9.17, 15) is 5.11 Å². The Hall–Kier alpha value is -0.450. The van der Waals surface area contributed by atoms with Crippen LogP contribution in [-0.2, 0) is 6.54 Å². The van der Waals surface area contributed by atoms with Crippen molar-refractivity contribution in [2.24, 2.45) is 5.41 Å². The number of nitrogens with zero attached hydrogens (tertiary/aromatic N) is 1. The fraction of sp³-hybridized carbons (Fsp3) is 0.786. The maximum atomic E-state index is 9.44. The van der Waals surface area contributed by atoms with Crippen molar-refractivity contribution in [1.82, 2.24) is 10.3 Å². The molecule has 102 valence electrons. The van der Waals surface area contributed by atoms with Gasteiger partial charge in [-0.25, -0.2) is 4.98 Å². The zero-order chi connectivity index (χ0) is 13.2. The third-order valence-corrected chi connectivity index (χ3v) is 4.31. The zero-order valence-corrected chi connectivity index (χ0v) is 12.4. The second-order valence-corrected chi connectivity index (χ2v) is 7.16. The van der Waals surface area contributed by atoms with E-state index in [4.69, 9.17) is 0 Å². The first-order chi connectivity index (χ1) is 8.46. The van der Waals surface area contributed by atoms with E-state index in [1.807, 2.05) is 6.92 Å². The minimum atomic E-state index is -0.234. The predicted molar refractivity (Wildman–Crippen MR) is 75.9 cm³/mol. The average Bonchev–Trinajstić information content (AvgIpc) is 2.98. The molecule has 1 aliphatic carbocycles. The van der Waals surface area contributed by atoms with E-state index in [0.717, 1.165) is 31.1 Å². The molecule has 1 heterocycles. The van der Waals surface area contributed by atoms with Crippen LogP contribution in [0.15, 0.2) is 5.38 Å². The van der Waals surface area contributed by atoms with Crippen LogP contribution in [0.4, 0.5) is 0 Å². The number of nitrogens with one attached hydrogen (secondary N) is 1. The van der Waals surface area contributed by atoms with Gasteiger partial charge in [-0.05, 0) is 31.6 Å². The van der Waals surface area contributed by atoms with Gasteiger partial charge in [0.15, 0.2) is 0 Å². The lowest BCUT2D eigenvalue weighted by atomic mass is 9.87. The van der Waals surface area contributed by atoms with Crippen LogP contribution in [0.25, 0.3) is 0 Å². The van der Waals surface area contributed by atoms with Crippen LogP contribution in [-0.4, -0.2) is 22.7 Å². The molecule has 0 amide bonds. The highest BCUT2D eigenvalue weighted by Gasteiger charge is 2.26. The van der Waals surface area contributed by atoms with Gasteiger partial charge < -0.3 is 10.4 Å². The summed E-state index contributed by atoms with van der Waals surface area (Å²) < 4.78 is 0. The predicted octanol–water partition coefficient (Wildman–Crippen LogP) is 2.91. The largest absolute Gasteiger partial charge is 0.393 e. The second kappa shape index (κ2) is 5.68. The molecule has 1 atom stereocenters. The highest BCUT2D eigenvalue weighted by Crippen LogP contribution is 2.41. The van der Waals surface area contributed by atoms with Crippen molar-refractivity contribution in [3.05, 3.63) is 16.1 Å². The summed E-state index contributed by atoms with van der Waals surface area (Å²) in [5, 5.41) is 16.4. The lowest BCUT2D eigenvalue weighted by Gasteiger charge is -2.26. The molecule has 0 aromatic carbocycles. The van der Waals surface area contributed by atoms with Crippen LogP contribution in [0.5, 0.6) is 0 Å². The summed E-state index contributed by atoms with van der Waals surface area (Å²) in [5.74, 6) is 0.760. The Morgan fingerprint density at radius 2 is 2.28 bits per heavy atom. The first kappa shape index (κ1) is 14.0. The number of aromatic nitrogens is 1. The topological polar surface area (TPSA) is 45.1 Å². The Kier molecular flexibility index (Phi) is 4.41. The lowest BCUT2D eigenvalue weighted by Crippen LogP contribution is -2.31. The zero-order valence-electron chi connectivity index (χ0n) is 11.6. The molecule has 3 nitrogen and oxygen atoms in total. The SMILES string of the molecule is CC(O)CC(C)(C)CNCc1csc(C2CC2)n1. The first-order valence-electron chi connectivity index (χ1n) is 6.79. The molecular formula is C14H24N2OS. The number of aliphatic hydroxyl groups excluding tert-OH is 1. The summed E-state index contributed by atoms with van der Waals surface area (Å²) in [7, 11) is 0. The maximum absolute atomic E-state index is 9.44. The van der Waals surface area contributed by atoms with Gasteiger partial charge in [0, 0.05) is 24.4 Å². The maximum Gasteiger partial charge on any atom is 0.0959 e. The number of thiazole rings is 1. The summed E-state index contributed by atoms with van der Waals surface area (Å²) in [6.45, 7) is 7.97. The molecular weight excluding hydrogens is 244 g/mol. The molecule has 1 aliphatic rings. The van der Waals surface area contributed by atoms with Gasteiger partial charge in [0.25, 0.3) is 0 Å². The normalized spacial score (nSPS) is 18.0. The van der Waals surface area contributed by atoms with Gasteiger partial charge in [0.05, 0.1) is 16.8 Å². The minimum Gasteiger partial charge on any atom is -0.393 e. The van der Waals surface area contributed by atoms with Gasteiger partial charge in [0.1, 0.15) is 0 Å². The number of aliphatic hydroxyl groups is 1. The molecule has 0 saturated heterocycles. The van der Waals surface area contributed by atoms with E-state index in [2.05, 4.69) is 29.5 Å². The van der Waals surface area contributed by atoms with Crippen molar-refractivity contribution < 1.29 is 5.11 Å². The van der Waals surface area contributed by atoms with Gasteiger partial charge in [-0.2, -0.15) is 0 Å². The van der Waals surface area contributed by atoms with E-state index in [1.54, 1.807) is 11.3 Å². The van der Waals surface area contributed by atoms with Crippen LogP contribution in [0.3, 0.4) is 0 Å². The number of hydrogen-bond donors (Lipinski definition) is 2. The van der Waals surface area contributed by atoms with E-state index in [1.165, 1.54) is 17.8 Å². The van der Waals surface area contributed by atoms with Gasteiger partial charge >= 0.3 is 0 Å². The van der Waals surface area contributed by atoms with Crippen LogP contribution in [0, 0.1) is 5.41 Å². The molecule has 0 aliphatic heterocycles. The molecule has 1 unspecified atom stereocenters. The summed E-state index contributed by atoms with van der Waals surface area (Å²) in [6, 6.07) is 0. The van der Waals surface area contributed by atoms with Gasteiger partial charge in [-0.3, -0.25) is 0 Å². The monoisotopic (exact) mass is 268 g/mol. The van der Waals surface area contributed by atoms with Crippen LogP contribution < -0.4 is 5.32 Å². The highest BCUT2D eigenvalue weighted by atomic mass is 32.1. The molecule has 1 aromatic heterocycles. The van der Waals surface area contributed by atoms with E-state index >= 15 is 0 Å². The van der Waals surface area contributed by atoms with Crippen LogP contribution in [0.2, 0.25) is 0 Å². The third-order valence-electron chi connectivity index (χ3n) is 3.25. The van der Waals surface area contributed by atoms with Crippen molar-refractivity contribution >= 4 is 11.3 Å².